The molecule has 0 bridgehead atoms. The average molecular weight is 206 g/mol. The molecule has 1 atom stereocenters. The second-order valence-electron chi connectivity index (χ2n) is 2.92. The fraction of sp³-hybridized carbons (Fsp3) is 1.00. The molecular formula is C6H11BF3KO. The van der Waals surface area contributed by atoms with Gasteiger partial charge in [-0.15, -0.1) is 0 Å². The van der Waals surface area contributed by atoms with Gasteiger partial charge in [-0.1, -0.05) is 12.7 Å². The van der Waals surface area contributed by atoms with Crippen LogP contribution in [0.3, 0.4) is 0 Å². The zero-order chi connectivity index (χ0) is 8.32. The van der Waals surface area contributed by atoms with Gasteiger partial charge in [0.2, 0.25) is 0 Å². The van der Waals surface area contributed by atoms with E-state index in [-0.39, 0.29) is 63.9 Å². The van der Waals surface area contributed by atoms with E-state index in [2.05, 4.69) is 0 Å². The van der Waals surface area contributed by atoms with E-state index in [0.717, 1.165) is 12.8 Å². The Balaban J connectivity index is 0.00000121. The number of halogens is 3. The van der Waals surface area contributed by atoms with E-state index in [1.54, 1.807) is 0 Å². The van der Waals surface area contributed by atoms with Crippen molar-refractivity contribution < 1.29 is 69.1 Å². The quantitative estimate of drug-likeness (QED) is 0.560. The molecule has 1 unspecified atom stereocenters. The van der Waals surface area contributed by atoms with Crippen LogP contribution in [0.15, 0.2) is 0 Å². The fourth-order valence-electron chi connectivity index (χ4n) is 1.25. The Bertz CT molecular complexity index is 124. The van der Waals surface area contributed by atoms with E-state index in [0.29, 0.717) is 6.61 Å². The minimum absolute atomic E-state index is 0. The van der Waals surface area contributed by atoms with Gasteiger partial charge in [0.15, 0.2) is 0 Å². The minimum Gasteiger partial charge on any atom is -0.449 e. The zero-order valence-corrected chi connectivity index (χ0v) is 10.4. The molecule has 1 aliphatic rings. The van der Waals surface area contributed by atoms with Gasteiger partial charge in [0.1, 0.15) is 0 Å². The van der Waals surface area contributed by atoms with Gasteiger partial charge in [-0.25, -0.2) is 0 Å². The molecular weight excluding hydrogens is 195 g/mol. The normalized spacial score (nSPS) is 23.8. The van der Waals surface area contributed by atoms with Crippen LogP contribution in [0.2, 0.25) is 6.32 Å². The molecule has 0 aromatic heterocycles. The van der Waals surface area contributed by atoms with E-state index >= 15 is 0 Å². The van der Waals surface area contributed by atoms with Gasteiger partial charge < -0.3 is 17.7 Å². The molecule has 0 N–H and O–H groups in total. The second kappa shape index (κ2) is 6.03. The molecule has 6 heteroatoms. The summed E-state index contributed by atoms with van der Waals surface area (Å²) in [6.07, 6.45) is 1.09. The molecule has 66 valence electrons. The summed E-state index contributed by atoms with van der Waals surface area (Å²) in [5.74, 6) is 0. The summed E-state index contributed by atoms with van der Waals surface area (Å²) < 4.78 is 40.2. The van der Waals surface area contributed by atoms with E-state index in [1.165, 1.54) is 0 Å². The predicted octanol–water partition coefficient (Wildman–Crippen LogP) is -0.593. The third kappa shape index (κ3) is 5.99. The molecule has 1 nitrogen and oxygen atoms in total. The molecule has 1 rings (SSSR count). The molecule has 12 heavy (non-hydrogen) atoms. The summed E-state index contributed by atoms with van der Waals surface area (Å²) in [7, 11) is 0. The zero-order valence-electron chi connectivity index (χ0n) is 7.23. The van der Waals surface area contributed by atoms with Crippen molar-refractivity contribution in [1.29, 1.82) is 0 Å². The average Bonchev–Trinajstić information content (AvgIpc) is 2.32. The first kappa shape index (κ1) is 13.5. The van der Waals surface area contributed by atoms with Crippen LogP contribution in [-0.2, 0) is 4.74 Å². The van der Waals surface area contributed by atoms with Crippen LogP contribution >= 0.6 is 0 Å². The molecule has 0 aromatic carbocycles. The third-order valence-corrected chi connectivity index (χ3v) is 1.84. The maximum atomic E-state index is 11.7. The van der Waals surface area contributed by atoms with Crippen molar-refractivity contribution >= 4 is 6.98 Å². The number of hydrogen-bond acceptors (Lipinski definition) is 1. The number of hydrogen-bond donors (Lipinski definition) is 0. The van der Waals surface area contributed by atoms with E-state index in [1.807, 2.05) is 0 Å². The van der Waals surface area contributed by atoms with Crippen molar-refractivity contribution in [3.8, 4) is 0 Å². The van der Waals surface area contributed by atoms with Gasteiger partial charge in [0, 0.05) is 6.61 Å². The van der Waals surface area contributed by atoms with Crippen LogP contribution in [-0.4, -0.2) is 19.7 Å². The van der Waals surface area contributed by atoms with Crippen molar-refractivity contribution in [1.82, 2.24) is 0 Å². The van der Waals surface area contributed by atoms with Crippen molar-refractivity contribution in [3.63, 3.8) is 0 Å². The number of ether oxygens (including phenoxy) is 1. The van der Waals surface area contributed by atoms with Crippen LogP contribution in [0.5, 0.6) is 0 Å². The summed E-state index contributed by atoms with van der Waals surface area (Å²) >= 11 is 0. The Kier molecular flexibility index (Phi) is 6.76. The Morgan fingerprint density at radius 1 is 1.33 bits per heavy atom. The van der Waals surface area contributed by atoms with Crippen LogP contribution < -0.4 is 51.4 Å². The molecule has 0 aromatic rings. The minimum atomic E-state index is -4.60. The monoisotopic (exact) mass is 206 g/mol. The largest absolute Gasteiger partial charge is 1.00 e. The Morgan fingerprint density at radius 2 is 2.00 bits per heavy atom. The first-order valence-corrected chi connectivity index (χ1v) is 3.90. The smallest absolute Gasteiger partial charge is 0.449 e. The molecule has 0 amide bonds. The first-order valence-electron chi connectivity index (χ1n) is 3.90. The summed E-state index contributed by atoms with van der Waals surface area (Å²) in [4.78, 5) is 0. The van der Waals surface area contributed by atoms with E-state index in [4.69, 9.17) is 4.74 Å². The Morgan fingerprint density at radius 3 is 2.42 bits per heavy atom. The predicted molar refractivity (Wildman–Crippen MR) is 37.5 cm³/mol. The van der Waals surface area contributed by atoms with E-state index < -0.39 is 13.3 Å². The Hall–Kier alpha value is 1.45. The summed E-state index contributed by atoms with van der Waals surface area (Å²) in [5.41, 5.74) is 0. The molecule has 0 saturated carbocycles. The maximum Gasteiger partial charge on any atom is 1.00 e. The van der Waals surface area contributed by atoms with Crippen molar-refractivity contribution in [2.75, 3.05) is 6.61 Å². The van der Waals surface area contributed by atoms with Crippen LogP contribution in [0.25, 0.3) is 0 Å². The molecule has 1 aliphatic heterocycles. The molecule has 0 radical (unpaired) electrons. The van der Waals surface area contributed by atoms with Gasteiger partial charge in [-0.05, 0) is 12.8 Å². The topological polar surface area (TPSA) is 9.23 Å². The van der Waals surface area contributed by atoms with Gasteiger partial charge in [0.05, 0.1) is 6.10 Å². The van der Waals surface area contributed by atoms with Gasteiger partial charge in [-0.3, -0.25) is 0 Å². The SMILES string of the molecule is F[B-](F)(F)CCC1CCCO1.[K+]. The standard InChI is InChI=1S/C6H11BF3O.K/c8-7(9,10)4-3-6-2-1-5-11-6;/h6H,1-5H2;/q-1;+1. The first-order chi connectivity index (χ1) is 5.08. The molecule has 0 spiro atoms. The summed E-state index contributed by atoms with van der Waals surface area (Å²) in [6.45, 7) is -3.96. The number of rotatable bonds is 3. The molecule has 1 saturated heterocycles. The van der Waals surface area contributed by atoms with Gasteiger partial charge in [-0.2, -0.15) is 0 Å². The van der Waals surface area contributed by atoms with E-state index in [9.17, 15) is 12.9 Å². The molecule has 1 heterocycles. The van der Waals surface area contributed by atoms with Crippen molar-refractivity contribution in [2.45, 2.75) is 31.7 Å². The maximum absolute atomic E-state index is 11.7. The Labute approximate surface area is 113 Å². The molecule has 0 aliphatic carbocycles. The second-order valence-corrected chi connectivity index (χ2v) is 2.92. The summed E-state index contributed by atoms with van der Waals surface area (Å²) in [6, 6.07) is 0. The summed E-state index contributed by atoms with van der Waals surface area (Å²) in [5, 5.41) is 0. The van der Waals surface area contributed by atoms with Crippen molar-refractivity contribution in [2.24, 2.45) is 0 Å². The van der Waals surface area contributed by atoms with Gasteiger partial charge in [0.25, 0.3) is 0 Å². The molecule has 1 fully saturated rings. The van der Waals surface area contributed by atoms with Crippen LogP contribution in [0.4, 0.5) is 12.9 Å². The third-order valence-electron chi connectivity index (χ3n) is 1.84. The van der Waals surface area contributed by atoms with Crippen LogP contribution in [0, 0.1) is 0 Å². The van der Waals surface area contributed by atoms with Crippen LogP contribution in [0.1, 0.15) is 19.3 Å². The van der Waals surface area contributed by atoms with Crippen molar-refractivity contribution in [3.05, 3.63) is 0 Å². The fourth-order valence-corrected chi connectivity index (χ4v) is 1.25. The van der Waals surface area contributed by atoms with Gasteiger partial charge >= 0.3 is 58.4 Å².